The monoisotopic (exact) mass is 188 g/mol. The van der Waals surface area contributed by atoms with E-state index in [1.165, 1.54) is 18.1 Å². The predicted octanol–water partition coefficient (Wildman–Crippen LogP) is 3.91. The Morgan fingerprint density at radius 1 is 0.727 bits per heavy atom. The van der Waals surface area contributed by atoms with Gasteiger partial charge in [-0.05, 0) is 0 Å². The molecule has 0 heterocycles. The molecule has 0 aliphatic rings. The average Bonchev–Trinajstić information content (AvgIpc) is 1.90. The van der Waals surface area contributed by atoms with E-state index in [4.69, 9.17) is 0 Å². The minimum absolute atomic E-state index is 0.780. The highest BCUT2D eigenvalue weighted by Gasteiger charge is 2.40. The molecule has 0 nitrogen and oxygen atoms in total. The highest BCUT2D eigenvalue weighted by molar-refractivity contribution is 7.41. The van der Waals surface area contributed by atoms with E-state index >= 15 is 0 Å². The first-order valence-electron chi connectivity index (χ1n) is 4.93. The third-order valence-corrected chi connectivity index (χ3v) is 23.6. The van der Waals surface area contributed by atoms with Gasteiger partial charge < -0.3 is 0 Å². The summed E-state index contributed by atoms with van der Waals surface area (Å²) in [7, 11) is -1.58. The molecule has 68 valence electrons. The smallest absolute Gasteiger partial charge is 0.0463 e. The second kappa shape index (κ2) is 3.90. The van der Waals surface area contributed by atoms with Gasteiger partial charge in [0, 0.05) is 15.2 Å². The van der Waals surface area contributed by atoms with Gasteiger partial charge >= 0.3 is 0 Å². The Hall–Kier alpha value is 0.434. The van der Waals surface area contributed by atoms with Crippen LogP contribution in [0.15, 0.2) is 0 Å². The normalized spacial score (nSPS) is 13.6. The molecule has 0 aromatic heterocycles. The lowest BCUT2D eigenvalue weighted by Crippen LogP contribution is -2.55. The van der Waals surface area contributed by atoms with E-state index in [-0.39, 0.29) is 0 Å². The van der Waals surface area contributed by atoms with Crippen molar-refractivity contribution >= 4 is 15.2 Å². The van der Waals surface area contributed by atoms with Crippen molar-refractivity contribution in [2.45, 2.75) is 58.5 Å². The van der Waals surface area contributed by atoms with Crippen LogP contribution >= 0.6 is 0 Å². The van der Waals surface area contributed by atoms with Crippen molar-refractivity contribution in [1.29, 1.82) is 0 Å². The molecule has 0 bridgehead atoms. The van der Waals surface area contributed by atoms with Crippen molar-refractivity contribution in [2.75, 3.05) is 0 Å². The van der Waals surface area contributed by atoms with E-state index in [1.807, 2.05) is 0 Å². The van der Waals surface area contributed by atoms with Gasteiger partial charge in [0.1, 0.15) is 0 Å². The molecule has 11 heavy (non-hydrogen) atoms. The molecule has 0 unspecified atom stereocenters. The van der Waals surface area contributed by atoms with Crippen molar-refractivity contribution in [1.82, 2.24) is 0 Å². The lowest BCUT2D eigenvalue weighted by molar-refractivity contribution is 1.20. The van der Waals surface area contributed by atoms with Gasteiger partial charge in [-0.2, -0.15) is 0 Å². The molecule has 0 aliphatic carbocycles. The maximum Gasteiger partial charge on any atom is 0.0463 e. The molecule has 0 saturated heterocycles. The lowest BCUT2D eigenvalue weighted by Gasteiger charge is -2.40. The second-order valence-electron chi connectivity index (χ2n) is 4.59. The van der Waals surface area contributed by atoms with Gasteiger partial charge in [0.2, 0.25) is 0 Å². The van der Waals surface area contributed by atoms with Crippen LogP contribution in [0.25, 0.3) is 0 Å². The van der Waals surface area contributed by atoms with Crippen molar-refractivity contribution < 1.29 is 0 Å². The number of hydrogen-bond acceptors (Lipinski definition) is 0. The van der Waals surface area contributed by atoms with Gasteiger partial charge in [0.25, 0.3) is 0 Å². The van der Waals surface area contributed by atoms with Crippen molar-refractivity contribution in [3.05, 3.63) is 0 Å². The average molecular weight is 188 g/mol. The van der Waals surface area contributed by atoms with Gasteiger partial charge in [-0.15, -0.1) is 0 Å². The Morgan fingerprint density at radius 2 is 1.00 bits per heavy atom. The highest BCUT2D eigenvalue weighted by Crippen LogP contribution is 2.30. The molecular formula is C9H24Si2. The summed E-state index contributed by atoms with van der Waals surface area (Å²) < 4.78 is 0. The molecule has 0 spiro atoms. The summed E-state index contributed by atoms with van der Waals surface area (Å²) in [5.41, 5.74) is 0. The summed E-state index contributed by atoms with van der Waals surface area (Å²) in [5.74, 6) is 0. The van der Waals surface area contributed by atoms with Crippen molar-refractivity contribution in [2.24, 2.45) is 0 Å². The van der Waals surface area contributed by atoms with E-state index in [2.05, 4.69) is 40.4 Å². The molecule has 0 fully saturated rings. The zero-order chi connectivity index (χ0) is 9.12. The summed E-state index contributed by atoms with van der Waals surface area (Å²) in [4.78, 5) is 0. The van der Waals surface area contributed by atoms with Crippen LogP contribution in [0.3, 0.4) is 0 Å². The van der Waals surface area contributed by atoms with E-state index in [0.717, 1.165) is 0 Å². The Morgan fingerprint density at radius 3 is 1.00 bits per heavy atom. The fourth-order valence-corrected chi connectivity index (χ4v) is 16.6. The zero-order valence-electron chi connectivity index (χ0n) is 9.12. The quantitative estimate of drug-likeness (QED) is 0.587. The largest absolute Gasteiger partial charge is 0.0715 e. The Kier molecular flexibility index (Phi) is 4.05. The Balaban J connectivity index is 4.54. The molecule has 0 aromatic rings. The first-order chi connectivity index (χ1) is 4.93. The number of hydrogen-bond donors (Lipinski definition) is 0. The molecule has 0 N–H and O–H groups in total. The van der Waals surface area contributed by atoms with Crippen LogP contribution < -0.4 is 0 Å². The molecular weight excluding hydrogens is 164 g/mol. The third kappa shape index (κ3) is 2.18. The van der Waals surface area contributed by atoms with Gasteiger partial charge in [-0.25, -0.2) is 0 Å². The van der Waals surface area contributed by atoms with Crippen LogP contribution in [0.5, 0.6) is 0 Å². The maximum atomic E-state index is 2.57. The first-order valence-corrected chi connectivity index (χ1v) is 12.1. The van der Waals surface area contributed by atoms with Gasteiger partial charge in [0.05, 0.1) is 0 Å². The van der Waals surface area contributed by atoms with E-state index in [1.54, 1.807) is 0 Å². The summed E-state index contributed by atoms with van der Waals surface area (Å²) in [6.45, 7) is 14.9. The minimum atomic E-state index is -0.798. The fourth-order valence-electron chi connectivity index (χ4n) is 2.34. The topological polar surface area (TPSA) is 0 Å². The predicted molar refractivity (Wildman–Crippen MR) is 60.5 cm³/mol. The highest BCUT2D eigenvalue weighted by atomic mass is 29.3. The van der Waals surface area contributed by atoms with Crippen molar-refractivity contribution in [3.8, 4) is 0 Å². The molecule has 0 radical (unpaired) electrons. The fraction of sp³-hybridized carbons (Fsp3) is 1.00. The Labute approximate surface area is 74.2 Å². The molecule has 0 saturated carbocycles. The van der Waals surface area contributed by atoms with Gasteiger partial charge in [-0.1, -0.05) is 58.5 Å². The SMILES string of the molecule is CC[Si](CC)(CC)[Si](C)(C)C. The van der Waals surface area contributed by atoms with E-state index in [9.17, 15) is 0 Å². The van der Waals surface area contributed by atoms with Crippen LogP contribution in [0, 0.1) is 0 Å². The summed E-state index contributed by atoms with van der Waals surface area (Å²) >= 11 is 0. The van der Waals surface area contributed by atoms with Gasteiger partial charge in [-0.3, -0.25) is 0 Å². The Bertz CT molecular complexity index is 101. The van der Waals surface area contributed by atoms with E-state index < -0.39 is 15.2 Å². The van der Waals surface area contributed by atoms with Crippen LogP contribution in [-0.2, 0) is 0 Å². The molecule has 0 rings (SSSR count). The van der Waals surface area contributed by atoms with Gasteiger partial charge in [0.15, 0.2) is 0 Å². The number of rotatable bonds is 4. The second-order valence-corrected chi connectivity index (χ2v) is 21.5. The molecule has 0 atom stereocenters. The summed E-state index contributed by atoms with van der Waals surface area (Å²) in [6, 6.07) is 4.53. The molecule has 2 heteroatoms. The first kappa shape index (κ1) is 11.4. The lowest BCUT2D eigenvalue weighted by atomic mass is 10.9. The van der Waals surface area contributed by atoms with Crippen LogP contribution in [0.2, 0.25) is 37.8 Å². The molecule has 0 amide bonds. The third-order valence-electron chi connectivity index (χ3n) is 3.62. The van der Waals surface area contributed by atoms with E-state index in [0.29, 0.717) is 0 Å². The maximum absolute atomic E-state index is 2.57. The van der Waals surface area contributed by atoms with Crippen LogP contribution in [-0.4, -0.2) is 15.2 Å². The summed E-state index contributed by atoms with van der Waals surface area (Å²) in [5, 5.41) is 0. The van der Waals surface area contributed by atoms with Crippen molar-refractivity contribution in [3.63, 3.8) is 0 Å². The molecule has 0 aromatic carbocycles. The van der Waals surface area contributed by atoms with Crippen LogP contribution in [0.1, 0.15) is 20.8 Å². The molecule has 0 aliphatic heterocycles. The summed E-state index contributed by atoms with van der Waals surface area (Å²) in [6.07, 6.45) is 0. The standard InChI is InChI=1S/C9H24Si2/c1-7-11(8-2,9-3)10(4,5)6/h7-9H2,1-6H3. The minimum Gasteiger partial charge on any atom is -0.0715 e. The van der Waals surface area contributed by atoms with Crippen LogP contribution in [0.4, 0.5) is 0 Å². The zero-order valence-corrected chi connectivity index (χ0v) is 11.1.